The topological polar surface area (TPSA) is 110 Å². The van der Waals surface area contributed by atoms with Crippen LogP contribution < -0.4 is 5.32 Å². The number of nitrogens with one attached hydrogen (secondary N) is 1. The third-order valence-corrected chi connectivity index (χ3v) is 12.5. The summed E-state index contributed by atoms with van der Waals surface area (Å²) in [5, 5.41) is 43.8. The molecule has 6 heteroatoms. The van der Waals surface area contributed by atoms with Gasteiger partial charge in [0.1, 0.15) is 12.2 Å². The first-order chi connectivity index (χ1) is 28.5. The van der Waals surface area contributed by atoms with Crippen molar-refractivity contribution in [2.24, 2.45) is 0 Å². The fourth-order valence-electron chi connectivity index (χ4n) is 8.35. The molecule has 58 heavy (non-hydrogen) atoms. The highest BCUT2D eigenvalue weighted by atomic mass is 16.3. The Hall–Kier alpha value is -0.950. The Morgan fingerprint density at radius 3 is 1.03 bits per heavy atom. The van der Waals surface area contributed by atoms with Crippen LogP contribution in [0.3, 0.4) is 0 Å². The largest absolute Gasteiger partial charge is 0.394 e. The van der Waals surface area contributed by atoms with Crippen LogP contribution in [0.1, 0.15) is 284 Å². The summed E-state index contributed by atoms with van der Waals surface area (Å²) in [7, 11) is 0. The number of hydrogen-bond donors (Lipinski definition) is 5. The second kappa shape index (κ2) is 47.1. The van der Waals surface area contributed by atoms with Crippen LogP contribution in [0, 0.1) is 0 Å². The number of aliphatic hydroxyl groups excluding tert-OH is 4. The fraction of sp³-hybridized carbons (Fsp3) is 0.942. The molecule has 0 saturated heterocycles. The molecule has 0 spiro atoms. The van der Waals surface area contributed by atoms with Crippen LogP contribution in [0.25, 0.3) is 0 Å². The number of hydrogen-bond acceptors (Lipinski definition) is 5. The molecule has 4 unspecified atom stereocenters. The lowest BCUT2D eigenvalue weighted by Crippen LogP contribution is -2.53. The molecule has 0 aliphatic rings. The SMILES string of the molecule is CCCCCCCCCCCCC/C=C/CCCC(O)C(O)C(CO)NC(=O)C(O)CCCCCCCCCCCCCCCCCCCCCCCCCCCC. The van der Waals surface area contributed by atoms with Gasteiger partial charge in [-0.15, -0.1) is 0 Å². The summed E-state index contributed by atoms with van der Waals surface area (Å²) < 4.78 is 0. The third-order valence-electron chi connectivity index (χ3n) is 12.5. The Morgan fingerprint density at radius 1 is 0.414 bits per heavy atom. The molecule has 346 valence electrons. The number of carbonyl (C=O) groups excluding carboxylic acids is 1. The Labute approximate surface area is 362 Å². The van der Waals surface area contributed by atoms with Gasteiger partial charge in [-0.25, -0.2) is 0 Å². The van der Waals surface area contributed by atoms with E-state index >= 15 is 0 Å². The summed E-state index contributed by atoms with van der Waals surface area (Å²) in [5.74, 6) is -0.588. The van der Waals surface area contributed by atoms with E-state index in [1.54, 1.807) is 0 Å². The van der Waals surface area contributed by atoms with Crippen LogP contribution in [0.15, 0.2) is 12.2 Å². The lowest BCUT2D eigenvalue weighted by atomic mass is 10.00. The molecule has 0 saturated carbocycles. The first-order valence-corrected chi connectivity index (χ1v) is 26.1. The van der Waals surface area contributed by atoms with E-state index in [2.05, 4.69) is 31.3 Å². The maximum Gasteiger partial charge on any atom is 0.249 e. The molecule has 0 fully saturated rings. The zero-order chi connectivity index (χ0) is 42.4. The van der Waals surface area contributed by atoms with Crippen LogP contribution in [0.2, 0.25) is 0 Å². The number of aliphatic hydroxyl groups is 4. The lowest BCUT2D eigenvalue weighted by molar-refractivity contribution is -0.132. The Bertz CT molecular complexity index is 837. The highest BCUT2D eigenvalue weighted by Crippen LogP contribution is 2.18. The molecule has 0 rings (SSSR count). The first kappa shape index (κ1) is 57.1. The van der Waals surface area contributed by atoms with Gasteiger partial charge in [0.05, 0.1) is 18.8 Å². The highest BCUT2D eigenvalue weighted by molar-refractivity contribution is 5.80. The normalized spacial score (nSPS) is 14.0. The minimum absolute atomic E-state index is 0.369. The molecule has 6 nitrogen and oxygen atoms in total. The molecule has 0 aromatic carbocycles. The maximum atomic E-state index is 12.6. The van der Waals surface area contributed by atoms with Gasteiger partial charge in [-0.3, -0.25) is 4.79 Å². The number of amides is 1. The Kier molecular flexibility index (Phi) is 46.3. The van der Waals surface area contributed by atoms with Gasteiger partial charge in [-0.2, -0.15) is 0 Å². The minimum Gasteiger partial charge on any atom is -0.394 e. The number of rotatable bonds is 48. The molecule has 4 atom stereocenters. The van der Waals surface area contributed by atoms with E-state index in [9.17, 15) is 25.2 Å². The van der Waals surface area contributed by atoms with Crippen molar-refractivity contribution in [2.75, 3.05) is 6.61 Å². The highest BCUT2D eigenvalue weighted by Gasteiger charge is 2.28. The number of allylic oxidation sites excluding steroid dienone is 2. The van der Waals surface area contributed by atoms with Crippen LogP contribution >= 0.6 is 0 Å². The summed E-state index contributed by atoms with van der Waals surface area (Å²) in [6, 6.07) is -0.998. The van der Waals surface area contributed by atoms with Crippen molar-refractivity contribution >= 4 is 5.91 Å². The summed E-state index contributed by atoms with van der Waals surface area (Å²) in [6.07, 6.45) is 54.1. The van der Waals surface area contributed by atoms with Gasteiger partial charge in [-0.1, -0.05) is 257 Å². The summed E-state index contributed by atoms with van der Waals surface area (Å²) in [5.41, 5.74) is 0. The van der Waals surface area contributed by atoms with E-state index in [1.807, 2.05) is 0 Å². The predicted molar refractivity (Wildman–Crippen MR) is 251 cm³/mol. The van der Waals surface area contributed by atoms with Crippen LogP contribution in [-0.2, 0) is 4.79 Å². The minimum atomic E-state index is -1.28. The van der Waals surface area contributed by atoms with Crippen molar-refractivity contribution in [3.05, 3.63) is 12.2 Å². The molecule has 0 aliphatic carbocycles. The smallest absolute Gasteiger partial charge is 0.249 e. The van der Waals surface area contributed by atoms with Gasteiger partial charge in [0.15, 0.2) is 0 Å². The van der Waals surface area contributed by atoms with Crippen molar-refractivity contribution in [1.82, 2.24) is 5.32 Å². The summed E-state index contributed by atoms with van der Waals surface area (Å²) >= 11 is 0. The van der Waals surface area contributed by atoms with Crippen molar-refractivity contribution in [1.29, 1.82) is 0 Å². The maximum absolute atomic E-state index is 12.6. The van der Waals surface area contributed by atoms with E-state index in [0.29, 0.717) is 12.8 Å². The van der Waals surface area contributed by atoms with Gasteiger partial charge in [-0.05, 0) is 38.5 Å². The first-order valence-electron chi connectivity index (χ1n) is 26.1. The Balaban J connectivity index is 3.62. The molecule has 5 N–H and O–H groups in total. The monoisotopic (exact) mass is 822 g/mol. The Morgan fingerprint density at radius 2 is 0.707 bits per heavy atom. The van der Waals surface area contributed by atoms with Gasteiger partial charge in [0, 0.05) is 0 Å². The second-order valence-electron chi connectivity index (χ2n) is 18.2. The van der Waals surface area contributed by atoms with Crippen molar-refractivity contribution in [3.63, 3.8) is 0 Å². The van der Waals surface area contributed by atoms with Gasteiger partial charge in [0.2, 0.25) is 5.91 Å². The molecular weight excluding hydrogens is 719 g/mol. The van der Waals surface area contributed by atoms with E-state index in [1.165, 1.54) is 218 Å². The van der Waals surface area contributed by atoms with Crippen molar-refractivity contribution in [3.8, 4) is 0 Å². The fourth-order valence-corrected chi connectivity index (χ4v) is 8.35. The molecule has 0 aromatic heterocycles. The van der Waals surface area contributed by atoms with E-state index < -0.39 is 36.9 Å². The molecule has 0 heterocycles. The van der Waals surface area contributed by atoms with Crippen molar-refractivity contribution < 1.29 is 25.2 Å². The third kappa shape index (κ3) is 40.5. The molecule has 0 aliphatic heterocycles. The summed E-state index contributed by atoms with van der Waals surface area (Å²) in [6.45, 7) is 4.07. The van der Waals surface area contributed by atoms with Gasteiger partial charge in [0.25, 0.3) is 0 Å². The molecule has 1 amide bonds. The summed E-state index contributed by atoms with van der Waals surface area (Å²) in [4.78, 5) is 12.6. The van der Waals surface area contributed by atoms with Crippen LogP contribution in [-0.4, -0.2) is 57.3 Å². The number of unbranched alkanes of at least 4 members (excludes halogenated alkanes) is 37. The average molecular weight is 822 g/mol. The lowest BCUT2D eigenvalue weighted by Gasteiger charge is -2.27. The van der Waals surface area contributed by atoms with Crippen molar-refractivity contribution in [2.45, 2.75) is 308 Å². The van der Waals surface area contributed by atoms with E-state index in [-0.39, 0.29) is 0 Å². The molecule has 0 bridgehead atoms. The molecule has 0 radical (unpaired) electrons. The van der Waals surface area contributed by atoms with Gasteiger partial charge >= 0.3 is 0 Å². The van der Waals surface area contributed by atoms with E-state index in [4.69, 9.17) is 0 Å². The molecular formula is C52H103NO5. The van der Waals surface area contributed by atoms with Crippen LogP contribution in [0.4, 0.5) is 0 Å². The number of carbonyl (C=O) groups is 1. The predicted octanol–water partition coefficient (Wildman–Crippen LogP) is 14.5. The van der Waals surface area contributed by atoms with Crippen LogP contribution in [0.5, 0.6) is 0 Å². The zero-order valence-electron chi connectivity index (χ0n) is 39.1. The van der Waals surface area contributed by atoms with E-state index in [0.717, 1.165) is 38.5 Å². The molecule has 0 aromatic rings. The zero-order valence-corrected chi connectivity index (χ0v) is 39.1. The second-order valence-corrected chi connectivity index (χ2v) is 18.2. The van der Waals surface area contributed by atoms with Gasteiger partial charge < -0.3 is 25.7 Å². The quantitative estimate of drug-likeness (QED) is 0.0310. The standard InChI is InChI=1S/C52H103NO5/c1-3-5-7-9-11-13-15-17-19-21-22-23-24-25-26-27-28-29-30-32-34-36-38-40-42-44-46-50(56)52(58)53-48(47-54)51(57)49(55)45-43-41-39-37-35-33-31-20-18-16-14-12-10-8-6-4-2/h37,39,48-51,54-57H,3-36,38,40-47H2,1-2H3,(H,53,58)/b39-37+. The average Bonchev–Trinajstić information content (AvgIpc) is 3.23.